The number of benzene rings is 2. The largest absolute Gasteiger partial charge is 0.444 e. The summed E-state index contributed by atoms with van der Waals surface area (Å²) in [4.78, 5) is 54.4. The van der Waals surface area contributed by atoms with E-state index in [0.717, 1.165) is 29.5 Å². The number of primary amides is 1. The molecule has 0 spiro atoms. The van der Waals surface area contributed by atoms with E-state index in [-0.39, 0.29) is 6.54 Å². The zero-order chi connectivity index (χ0) is 30.9. The summed E-state index contributed by atoms with van der Waals surface area (Å²) in [6.07, 6.45) is 0.937. The zero-order valence-corrected chi connectivity index (χ0v) is 25.9. The molecule has 2 atom stereocenters. The molecule has 4 N–H and O–H groups in total. The van der Waals surface area contributed by atoms with Crippen LogP contribution >= 0.6 is 11.6 Å². The van der Waals surface area contributed by atoms with Gasteiger partial charge in [0, 0.05) is 6.54 Å². The van der Waals surface area contributed by atoms with E-state index in [0.29, 0.717) is 22.7 Å². The van der Waals surface area contributed by atoms with Crippen molar-refractivity contribution >= 4 is 41.1 Å². The van der Waals surface area contributed by atoms with Crippen molar-refractivity contribution in [2.75, 3.05) is 11.9 Å². The summed E-state index contributed by atoms with van der Waals surface area (Å²) in [5.74, 6) is -1.89. The summed E-state index contributed by atoms with van der Waals surface area (Å²) < 4.78 is 5.34. The number of alkyl carbamates (subject to hydrolysis) is 1. The lowest BCUT2D eigenvalue weighted by Crippen LogP contribution is -2.53. The van der Waals surface area contributed by atoms with E-state index in [1.807, 2.05) is 52.0 Å². The smallest absolute Gasteiger partial charge is 0.408 e. The fraction of sp³-hybridized carbons (Fsp3) is 0.484. The molecule has 0 heterocycles. The summed E-state index contributed by atoms with van der Waals surface area (Å²) in [6, 6.07) is 8.48. The Balaban J connectivity index is 2.64. The van der Waals surface area contributed by atoms with Gasteiger partial charge < -0.3 is 26.0 Å². The molecule has 10 heteroatoms. The molecular weight excluding hydrogens is 544 g/mol. The molecule has 0 fully saturated rings. The van der Waals surface area contributed by atoms with E-state index >= 15 is 0 Å². The predicted octanol–water partition coefficient (Wildman–Crippen LogP) is 5.73. The fourth-order valence-corrected chi connectivity index (χ4v) is 4.78. The van der Waals surface area contributed by atoms with E-state index in [4.69, 9.17) is 22.1 Å². The molecule has 4 amide bonds. The number of para-hydroxylation sites is 1. The molecule has 9 nitrogen and oxygen atoms in total. The van der Waals surface area contributed by atoms with Crippen molar-refractivity contribution < 1.29 is 23.9 Å². The van der Waals surface area contributed by atoms with Crippen LogP contribution in [0, 0.1) is 20.8 Å². The first-order chi connectivity index (χ1) is 19.1. The molecule has 2 aromatic carbocycles. The van der Waals surface area contributed by atoms with Crippen LogP contribution in [0.2, 0.25) is 5.02 Å². The average Bonchev–Trinajstić information content (AvgIpc) is 2.84. The van der Waals surface area contributed by atoms with Gasteiger partial charge in [0.1, 0.15) is 17.7 Å². The van der Waals surface area contributed by atoms with Crippen molar-refractivity contribution in [3.8, 4) is 0 Å². The van der Waals surface area contributed by atoms with E-state index < -0.39 is 47.9 Å². The van der Waals surface area contributed by atoms with Gasteiger partial charge in [0.25, 0.3) is 5.91 Å². The minimum Gasteiger partial charge on any atom is -0.444 e. The van der Waals surface area contributed by atoms with Crippen molar-refractivity contribution in [1.29, 1.82) is 0 Å². The number of carbonyl (C=O) groups is 4. The van der Waals surface area contributed by atoms with Gasteiger partial charge >= 0.3 is 6.09 Å². The van der Waals surface area contributed by atoms with Crippen LogP contribution in [-0.2, 0) is 19.1 Å². The average molecular weight is 587 g/mol. The third kappa shape index (κ3) is 10.1. The number of anilines is 1. The number of hydrogen-bond acceptors (Lipinski definition) is 5. The zero-order valence-electron chi connectivity index (χ0n) is 25.1. The summed E-state index contributed by atoms with van der Waals surface area (Å²) in [7, 11) is 0. The number of ether oxygens (including phenoxy) is 1. The number of amides is 4. The number of carbonyl (C=O) groups excluding carboxylic acids is 4. The Labute approximate surface area is 248 Å². The second kappa shape index (κ2) is 14.9. The standard InChI is InChI=1S/C31H43ClN4O5/c1-8-9-10-16-36(29(39)24(18-25(33)37)34-30(40)41-31(5,6)7)27(22-15-14-19(2)17-21(22)4)28(38)35-26-20(3)12-11-13-23(26)32/h11-15,17,24,27H,8-10,16,18H2,1-7H3,(H2,33,37)(H,34,40)(H,35,38). The van der Waals surface area contributed by atoms with Crippen LogP contribution in [0.15, 0.2) is 36.4 Å². The summed E-state index contributed by atoms with van der Waals surface area (Å²) >= 11 is 6.43. The molecule has 0 bridgehead atoms. The van der Waals surface area contributed by atoms with Crippen LogP contribution in [0.3, 0.4) is 0 Å². The summed E-state index contributed by atoms with van der Waals surface area (Å²) in [5, 5.41) is 5.80. The van der Waals surface area contributed by atoms with E-state index in [9.17, 15) is 19.2 Å². The second-order valence-corrected chi connectivity index (χ2v) is 11.7. The Morgan fingerprint density at radius 3 is 2.27 bits per heavy atom. The molecule has 0 saturated heterocycles. The maximum Gasteiger partial charge on any atom is 0.408 e. The number of nitrogens with one attached hydrogen (secondary N) is 2. The Bertz CT molecular complexity index is 1240. The number of hydrogen-bond donors (Lipinski definition) is 3. The van der Waals surface area contributed by atoms with Crippen LogP contribution in [0.1, 0.15) is 81.7 Å². The second-order valence-electron chi connectivity index (χ2n) is 11.3. The number of aryl methyl sites for hydroxylation is 3. The lowest BCUT2D eigenvalue weighted by molar-refractivity contribution is -0.142. The molecule has 0 saturated carbocycles. The lowest BCUT2D eigenvalue weighted by Gasteiger charge is -2.35. The van der Waals surface area contributed by atoms with Crippen molar-refractivity contribution in [2.45, 2.75) is 91.8 Å². The number of nitrogens with two attached hydrogens (primary N) is 1. The van der Waals surface area contributed by atoms with Gasteiger partial charge in [-0.25, -0.2) is 4.79 Å². The normalized spacial score (nSPS) is 12.7. The molecule has 2 rings (SSSR count). The molecule has 0 aromatic heterocycles. The Kier molecular flexibility index (Phi) is 12.2. The van der Waals surface area contributed by atoms with Gasteiger partial charge in [0.2, 0.25) is 11.8 Å². The third-order valence-electron chi connectivity index (χ3n) is 6.43. The molecule has 41 heavy (non-hydrogen) atoms. The Morgan fingerprint density at radius 2 is 1.71 bits per heavy atom. The van der Waals surface area contributed by atoms with E-state index in [2.05, 4.69) is 10.6 Å². The molecule has 2 unspecified atom stereocenters. The van der Waals surface area contributed by atoms with Gasteiger partial charge in [0.05, 0.1) is 17.1 Å². The molecule has 2 aromatic rings. The van der Waals surface area contributed by atoms with Crippen molar-refractivity contribution in [3.05, 3.63) is 63.7 Å². The van der Waals surface area contributed by atoms with Crippen LogP contribution in [0.5, 0.6) is 0 Å². The van der Waals surface area contributed by atoms with Crippen molar-refractivity contribution in [3.63, 3.8) is 0 Å². The van der Waals surface area contributed by atoms with E-state index in [1.54, 1.807) is 32.9 Å². The van der Waals surface area contributed by atoms with Crippen molar-refractivity contribution in [2.24, 2.45) is 5.73 Å². The number of halogens is 1. The molecule has 0 aliphatic rings. The number of rotatable bonds is 12. The number of nitrogens with zero attached hydrogens (tertiary/aromatic N) is 1. The van der Waals surface area contributed by atoms with Gasteiger partial charge in [-0.3, -0.25) is 14.4 Å². The number of unbranched alkanes of at least 4 members (excludes halogenated alkanes) is 2. The molecular formula is C31H43ClN4O5. The predicted molar refractivity (Wildman–Crippen MR) is 162 cm³/mol. The SMILES string of the molecule is CCCCCN(C(=O)C(CC(N)=O)NC(=O)OC(C)(C)C)C(C(=O)Nc1c(C)cccc1Cl)c1ccc(C)cc1C. The first-order valence-electron chi connectivity index (χ1n) is 13.9. The van der Waals surface area contributed by atoms with Gasteiger partial charge in [-0.05, 0) is 70.7 Å². The van der Waals surface area contributed by atoms with Gasteiger partial charge in [-0.2, -0.15) is 0 Å². The molecule has 0 radical (unpaired) electrons. The van der Waals surface area contributed by atoms with Crippen molar-refractivity contribution in [1.82, 2.24) is 10.2 Å². The van der Waals surface area contributed by atoms with Crippen LogP contribution in [-0.4, -0.2) is 46.9 Å². The van der Waals surface area contributed by atoms with Gasteiger partial charge in [-0.1, -0.05) is 67.3 Å². The monoisotopic (exact) mass is 586 g/mol. The third-order valence-corrected chi connectivity index (χ3v) is 6.75. The first-order valence-corrected chi connectivity index (χ1v) is 14.2. The molecule has 0 aliphatic carbocycles. The minimum absolute atomic E-state index is 0.199. The Morgan fingerprint density at radius 1 is 1.02 bits per heavy atom. The van der Waals surface area contributed by atoms with Gasteiger partial charge in [0.15, 0.2) is 0 Å². The van der Waals surface area contributed by atoms with E-state index in [1.165, 1.54) is 4.90 Å². The highest BCUT2D eigenvalue weighted by Crippen LogP contribution is 2.31. The topological polar surface area (TPSA) is 131 Å². The highest BCUT2D eigenvalue weighted by atomic mass is 35.5. The highest BCUT2D eigenvalue weighted by molar-refractivity contribution is 6.34. The maximum absolute atomic E-state index is 14.2. The minimum atomic E-state index is -1.34. The molecule has 224 valence electrons. The Hall–Kier alpha value is -3.59. The fourth-order valence-electron chi connectivity index (χ4n) is 4.51. The quantitative estimate of drug-likeness (QED) is 0.273. The highest BCUT2D eigenvalue weighted by Gasteiger charge is 2.37. The summed E-state index contributed by atoms with van der Waals surface area (Å²) in [6.45, 7) is 12.9. The van der Waals surface area contributed by atoms with Crippen LogP contribution in [0.4, 0.5) is 10.5 Å². The lowest BCUT2D eigenvalue weighted by atomic mass is 9.95. The first kappa shape index (κ1) is 33.6. The summed E-state index contributed by atoms with van der Waals surface area (Å²) in [5.41, 5.74) is 8.26. The maximum atomic E-state index is 14.2. The van der Waals surface area contributed by atoms with Crippen LogP contribution < -0.4 is 16.4 Å². The molecule has 0 aliphatic heterocycles. The van der Waals surface area contributed by atoms with Gasteiger partial charge in [-0.15, -0.1) is 0 Å². The van der Waals surface area contributed by atoms with Crippen LogP contribution in [0.25, 0.3) is 0 Å².